The predicted octanol–water partition coefficient (Wildman–Crippen LogP) is 0.189. The van der Waals surface area contributed by atoms with Crippen molar-refractivity contribution >= 4 is 17.5 Å². The highest BCUT2D eigenvalue weighted by molar-refractivity contribution is 6.02. The number of hydrogen-bond donors (Lipinski definition) is 0. The largest absolute Gasteiger partial charge is 0.482 e. The van der Waals surface area contributed by atoms with E-state index in [0.29, 0.717) is 31.1 Å². The molecule has 0 spiro atoms. The van der Waals surface area contributed by atoms with Crippen molar-refractivity contribution in [2.75, 3.05) is 50.8 Å². The molecular weight excluding hydrogens is 294 g/mol. The summed E-state index contributed by atoms with van der Waals surface area (Å²) in [4.78, 5) is 30.1. The smallest absolute Gasteiger partial charge is 0.265 e. The molecule has 0 saturated carbocycles. The van der Waals surface area contributed by atoms with Gasteiger partial charge in [0.25, 0.3) is 5.91 Å². The number of anilines is 1. The number of para-hydroxylation sites is 2. The Morgan fingerprint density at radius 3 is 2.70 bits per heavy atom. The quantitative estimate of drug-likeness (QED) is 0.748. The first-order chi connectivity index (χ1) is 11.2. The molecule has 2 heterocycles. The van der Waals surface area contributed by atoms with Gasteiger partial charge in [0.15, 0.2) is 6.61 Å². The van der Waals surface area contributed by atoms with Gasteiger partial charge in [-0.15, -0.1) is 6.42 Å². The molecule has 120 valence electrons. The van der Waals surface area contributed by atoms with E-state index in [-0.39, 0.29) is 25.0 Å². The lowest BCUT2D eigenvalue weighted by atomic mass is 10.2. The van der Waals surface area contributed by atoms with Gasteiger partial charge in [-0.05, 0) is 12.1 Å². The average molecular weight is 313 g/mol. The lowest BCUT2D eigenvalue weighted by molar-refractivity contribution is -0.133. The molecule has 0 aromatic heterocycles. The van der Waals surface area contributed by atoms with Crippen LogP contribution < -0.4 is 9.64 Å². The number of terminal acetylenes is 1. The first-order valence-corrected chi connectivity index (χ1v) is 7.65. The molecule has 3 rings (SSSR count). The number of ether oxygens (including phenoxy) is 1. The van der Waals surface area contributed by atoms with Crippen LogP contribution in [0.1, 0.15) is 0 Å². The second-order valence-electron chi connectivity index (χ2n) is 5.60. The summed E-state index contributed by atoms with van der Waals surface area (Å²) in [5, 5.41) is 0. The van der Waals surface area contributed by atoms with Crippen molar-refractivity contribution < 1.29 is 14.3 Å². The number of amides is 2. The van der Waals surface area contributed by atoms with Crippen LogP contribution >= 0.6 is 0 Å². The van der Waals surface area contributed by atoms with Crippen molar-refractivity contribution in [2.45, 2.75) is 0 Å². The number of hydrogen-bond acceptors (Lipinski definition) is 4. The maximum Gasteiger partial charge on any atom is 0.265 e. The van der Waals surface area contributed by atoms with Gasteiger partial charge in [0.2, 0.25) is 5.91 Å². The van der Waals surface area contributed by atoms with Gasteiger partial charge in [0.05, 0.1) is 12.2 Å². The van der Waals surface area contributed by atoms with Crippen LogP contribution in [-0.2, 0) is 9.59 Å². The Balaban J connectivity index is 1.64. The number of nitrogens with zero attached hydrogens (tertiary/aromatic N) is 3. The standard InChI is InChI=1S/C17H19N3O3/c1-2-7-18-8-10-19(11-9-18)16(21)12-20-14-5-3-4-6-15(14)23-13-17(20)22/h1,3-6H,7-13H2. The summed E-state index contributed by atoms with van der Waals surface area (Å²) in [5.74, 6) is 3.02. The molecule has 0 unspecified atom stereocenters. The number of rotatable bonds is 3. The van der Waals surface area contributed by atoms with Crippen molar-refractivity contribution in [1.29, 1.82) is 0 Å². The average Bonchev–Trinajstić information content (AvgIpc) is 2.58. The van der Waals surface area contributed by atoms with Gasteiger partial charge in [-0.3, -0.25) is 19.4 Å². The topological polar surface area (TPSA) is 53.1 Å². The van der Waals surface area contributed by atoms with Crippen LogP contribution in [0, 0.1) is 12.3 Å². The number of carbonyl (C=O) groups is 2. The first-order valence-electron chi connectivity index (χ1n) is 7.65. The maximum atomic E-state index is 12.5. The molecule has 1 aromatic carbocycles. The second-order valence-corrected chi connectivity index (χ2v) is 5.60. The van der Waals surface area contributed by atoms with Crippen LogP contribution in [0.15, 0.2) is 24.3 Å². The van der Waals surface area contributed by atoms with Gasteiger partial charge < -0.3 is 9.64 Å². The minimum Gasteiger partial charge on any atom is -0.482 e. The summed E-state index contributed by atoms with van der Waals surface area (Å²) >= 11 is 0. The van der Waals surface area contributed by atoms with Gasteiger partial charge in [-0.2, -0.15) is 0 Å². The lowest BCUT2D eigenvalue weighted by Crippen LogP contribution is -2.52. The zero-order valence-corrected chi connectivity index (χ0v) is 12.9. The highest BCUT2D eigenvalue weighted by atomic mass is 16.5. The molecule has 1 fully saturated rings. The van der Waals surface area contributed by atoms with Crippen molar-refractivity contribution in [3.8, 4) is 18.1 Å². The number of piperazine rings is 1. The molecule has 2 amide bonds. The number of benzene rings is 1. The molecule has 2 aliphatic heterocycles. The van der Waals surface area contributed by atoms with Gasteiger partial charge in [-0.25, -0.2) is 0 Å². The molecule has 6 nitrogen and oxygen atoms in total. The van der Waals surface area contributed by atoms with Crippen molar-refractivity contribution in [3.05, 3.63) is 24.3 Å². The molecule has 0 bridgehead atoms. The van der Waals surface area contributed by atoms with Crippen molar-refractivity contribution in [2.24, 2.45) is 0 Å². The van der Waals surface area contributed by atoms with E-state index in [1.807, 2.05) is 12.1 Å². The van der Waals surface area contributed by atoms with E-state index in [2.05, 4.69) is 10.8 Å². The van der Waals surface area contributed by atoms with Crippen LogP contribution in [0.2, 0.25) is 0 Å². The minimum atomic E-state index is -0.192. The monoisotopic (exact) mass is 313 g/mol. The van der Waals surface area contributed by atoms with Gasteiger partial charge in [0.1, 0.15) is 12.3 Å². The van der Waals surface area contributed by atoms with Gasteiger partial charge in [-0.1, -0.05) is 18.1 Å². The summed E-state index contributed by atoms with van der Waals surface area (Å²) in [6.07, 6.45) is 5.31. The first kappa shape index (κ1) is 15.4. The van der Waals surface area contributed by atoms with Gasteiger partial charge in [0, 0.05) is 26.2 Å². The Morgan fingerprint density at radius 1 is 1.22 bits per heavy atom. The van der Waals surface area contributed by atoms with Crippen LogP contribution in [0.25, 0.3) is 0 Å². The summed E-state index contributed by atoms with van der Waals surface area (Å²) < 4.78 is 5.39. The van der Waals surface area contributed by atoms with E-state index in [1.165, 1.54) is 4.90 Å². The minimum absolute atomic E-state index is 0.0275. The molecule has 0 N–H and O–H groups in total. The summed E-state index contributed by atoms with van der Waals surface area (Å²) in [5.41, 5.74) is 0.656. The SMILES string of the molecule is C#CCN1CCN(C(=O)CN2C(=O)COc3ccccc32)CC1. The van der Waals surface area contributed by atoms with Crippen LogP contribution in [0.4, 0.5) is 5.69 Å². The Hall–Kier alpha value is -2.52. The normalized spacial score (nSPS) is 18.1. The van der Waals surface area contributed by atoms with Gasteiger partial charge >= 0.3 is 0 Å². The van der Waals surface area contributed by atoms with E-state index >= 15 is 0 Å². The third-order valence-electron chi connectivity index (χ3n) is 4.14. The number of fused-ring (bicyclic) bond motifs is 1. The molecule has 23 heavy (non-hydrogen) atoms. The fourth-order valence-corrected chi connectivity index (χ4v) is 2.85. The predicted molar refractivity (Wildman–Crippen MR) is 86.1 cm³/mol. The molecule has 1 saturated heterocycles. The fraction of sp³-hybridized carbons (Fsp3) is 0.412. The fourth-order valence-electron chi connectivity index (χ4n) is 2.85. The summed E-state index contributed by atoms with van der Waals surface area (Å²) in [6.45, 7) is 3.44. The van der Waals surface area contributed by atoms with E-state index in [1.54, 1.807) is 17.0 Å². The van der Waals surface area contributed by atoms with Crippen molar-refractivity contribution in [3.63, 3.8) is 0 Å². The third-order valence-corrected chi connectivity index (χ3v) is 4.14. The Bertz CT molecular complexity index is 645. The molecule has 2 aliphatic rings. The molecule has 0 atom stereocenters. The van der Waals surface area contributed by atoms with E-state index in [9.17, 15) is 9.59 Å². The molecule has 0 aliphatic carbocycles. The summed E-state index contributed by atoms with van der Waals surface area (Å²) in [7, 11) is 0. The molecule has 6 heteroatoms. The Labute approximate surface area is 135 Å². The van der Waals surface area contributed by atoms with E-state index in [4.69, 9.17) is 11.2 Å². The Morgan fingerprint density at radius 2 is 1.96 bits per heavy atom. The van der Waals surface area contributed by atoms with Crippen LogP contribution in [0.5, 0.6) is 5.75 Å². The van der Waals surface area contributed by atoms with Crippen molar-refractivity contribution in [1.82, 2.24) is 9.80 Å². The zero-order chi connectivity index (χ0) is 16.2. The highest BCUT2D eigenvalue weighted by Gasteiger charge is 2.29. The zero-order valence-electron chi connectivity index (χ0n) is 12.9. The number of carbonyl (C=O) groups excluding carboxylic acids is 2. The third kappa shape index (κ3) is 3.30. The van der Waals surface area contributed by atoms with Crippen LogP contribution in [0.3, 0.4) is 0 Å². The van der Waals surface area contributed by atoms with Crippen LogP contribution in [-0.4, -0.2) is 67.5 Å². The maximum absolute atomic E-state index is 12.5. The molecule has 1 aromatic rings. The van der Waals surface area contributed by atoms with E-state index in [0.717, 1.165) is 13.1 Å². The summed E-state index contributed by atoms with van der Waals surface area (Å²) in [6, 6.07) is 7.28. The molecular formula is C17H19N3O3. The Kier molecular flexibility index (Phi) is 4.49. The highest BCUT2D eigenvalue weighted by Crippen LogP contribution is 2.31. The van der Waals surface area contributed by atoms with E-state index < -0.39 is 0 Å². The second kappa shape index (κ2) is 6.71. The lowest BCUT2D eigenvalue weighted by Gasteiger charge is -2.35. The molecule has 0 radical (unpaired) electrons.